The van der Waals surface area contributed by atoms with Gasteiger partial charge in [0.1, 0.15) is 17.2 Å². The van der Waals surface area contributed by atoms with Gasteiger partial charge in [0, 0.05) is 19.0 Å². The lowest BCUT2D eigenvalue weighted by molar-refractivity contribution is 0.0988. The van der Waals surface area contributed by atoms with E-state index in [0.717, 1.165) is 24.3 Å². The number of hydrogen-bond acceptors (Lipinski definition) is 5. The van der Waals surface area contributed by atoms with Crippen LogP contribution in [0.15, 0.2) is 29.5 Å². The zero-order valence-corrected chi connectivity index (χ0v) is 12.6. The van der Waals surface area contributed by atoms with Crippen LogP contribution in [-0.2, 0) is 4.74 Å². The number of pyridine rings is 1. The van der Waals surface area contributed by atoms with Gasteiger partial charge in [-0.3, -0.25) is 4.79 Å². The molecule has 0 spiro atoms. The van der Waals surface area contributed by atoms with E-state index >= 15 is 0 Å². The number of rotatable bonds is 3. The van der Waals surface area contributed by atoms with Crippen LogP contribution < -0.4 is 10.1 Å². The minimum absolute atomic E-state index is 0.0191. The predicted molar refractivity (Wildman–Crippen MR) is 79.5 cm³/mol. The third kappa shape index (κ3) is 2.27. The van der Waals surface area contributed by atoms with Gasteiger partial charge in [-0.1, -0.05) is 18.5 Å². The molecule has 0 unspecified atom stereocenters. The summed E-state index contributed by atoms with van der Waals surface area (Å²) in [6.45, 7) is 1.80. The van der Waals surface area contributed by atoms with E-state index < -0.39 is 0 Å². The summed E-state index contributed by atoms with van der Waals surface area (Å²) in [4.78, 5) is 16.1. The van der Waals surface area contributed by atoms with Crippen LogP contribution >= 0.6 is 11.6 Å². The number of methoxy groups -OCH3 is 1. The van der Waals surface area contributed by atoms with E-state index in [-0.39, 0.29) is 10.9 Å². The number of Topliss-reactive ketones (excluding diaryl/α,β-unsaturated/α-hetero) is 1. The minimum atomic E-state index is -0.0191. The van der Waals surface area contributed by atoms with E-state index in [1.165, 1.54) is 6.20 Å². The number of fused-ring (bicyclic) bond motifs is 1. The van der Waals surface area contributed by atoms with Crippen LogP contribution in [0.1, 0.15) is 36.5 Å². The Hall–Kier alpha value is -2.01. The normalized spacial score (nSPS) is 16.2. The van der Waals surface area contributed by atoms with Crippen LogP contribution in [-0.4, -0.2) is 17.9 Å². The first-order chi connectivity index (χ1) is 10.2. The van der Waals surface area contributed by atoms with Gasteiger partial charge in [-0.15, -0.1) is 0 Å². The summed E-state index contributed by atoms with van der Waals surface area (Å²) in [5, 5.41) is 3.48. The maximum absolute atomic E-state index is 12.1. The highest BCUT2D eigenvalue weighted by molar-refractivity contribution is 6.31. The second-order valence-corrected chi connectivity index (χ2v) is 5.14. The van der Waals surface area contributed by atoms with Gasteiger partial charge in [0.05, 0.1) is 18.4 Å². The summed E-state index contributed by atoms with van der Waals surface area (Å²) >= 11 is 6.11. The van der Waals surface area contributed by atoms with E-state index in [9.17, 15) is 4.79 Å². The maximum atomic E-state index is 12.1. The van der Waals surface area contributed by atoms with E-state index in [1.54, 1.807) is 14.0 Å². The second kappa shape index (κ2) is 5.41. The molecule has 0 saturated heterocycles. The molecule has 110 valence electrons. The van der Waals surface area contributed by atoms with Gasteiger partial charge in [-0.05, 0) is 12.5 Å². The van der Waals surface area contributed by atoms with Gasteiger partial charge in [0.15, 0.2) is 16.7 Å². The minimum Gasteiger partial charge on any atom is -0.495 e. The predicted octanol–water partition coefficient (Wildman–Crippen LogP) is 3.67. The van der Waals surface area contributed by atoms with Crippen LogP contribution in [0.5, 0.6) is 5.75 Å². The van der Waals surface area contributed by atoms with Crippen molar-refractivity contribution >= 4 is 23.1 Å². The number of nitrogens with zero attached hydrogens (tertiary/aromatic N) is 1. The van der Waals surface area contributed by atoms with Gasteiger partial charge < -0.3 is 14.8 Å². The molecule has 1 aromatic rings. The molecule has 1 aliphatic carbocycles. The molecule has 0 aromatic carbocycles. The Morgan fingerprint density at radius 1 is 1.57 bits per heavy atom. The topological polar surface area (TPSA) is 60.5 Å². The van der Waals surface area contributed by atoms with Crippen molar-refractivity contribution in [3.8, 4) is 5.75 Å². The summed E-state index contributed by atoms with van der Waals surface area (Å²) < 4.78 is 11.2. The molecule has 1 N–H and O–H groups in total. The number of carbonyl (C=O) groups excluding carboxylic acids is 1. The number of nitrogens with one attached hydrogen (secondary N) is 1. The van der Waals surface area contributed by atoms with E-state index in [4.69, 9.17) is 21.1 Å². The maximum Gasteiger partial charge on any atom is 0.188 e. The van der Waals surface area contributed by atoms with E-state index in [1.807, 2.05) is 6.08 Å². The summed E-state index contributed by atoms with van der Waals surface area (Å²) in [7, 11) is 1.61. The van der Waals surface area contributed by atoms with Crippen molar-refractivity contribution in [1.29, 1.82) is 0 Å². The summed E-state index contributed by atoms with van der Waals surface area (Å²) in [5.41, 5.74) is 1.79. The molecule has 0 amide bonds. The summed E-state index contributed by atoms with van der Waals surface area (Å²) in [6, 6.07) is 0. The zero-order chi connectivity index (χ0) is 15.0. The Bertz CT molecular complexity index is 680. The molecule has 0 bridgehead atoms. The number of anilines is 1. The Balaban J connectivity index is 2.10. The molecule has 6 heteroatoms. The summed E-state index contributed by atoms with van der Waals surface area (Å²) in [5.74, 6) is 1.86. The smallest absolute Gasteiger partial charge is 0.188 e. The molecule has 0 atom stereocenters. The van der Waals surface area contributed by atoms with Gasteiger partial charge in [0.25, 0.3) is 0 Å². The van der Waals surface area contributed by atoms with Crippen molar-refractivity contribution in [1.82, 2.24) is 4.98 Å². The number of aromatic nitrogens is 1. The first kappa shape index (κ1) is 13.9. The van der Waals surface area contributed by atoms with Crippen LogP contribution in [0.25, 0.3) is 0 Å². The first-order valence-electron chi connectivity index (χ1n) is 6.80. The third-order valence-electron chi connectivity index (χ3n) is 3.53. The fourth-order valence-corrected chi connectivity index (χ4v) is 2.64. The molecular formula is C15H15ClN2O3. The molecule has 21 heavy (non-hydrogen) atoms. The molecule has 3 rings (SSSR count). The SMILES string of the molecule is CCC(=O)c1cnc(Cl)c2c1NC1=C(CCC=C1OC)O2. The fourth-order valence-electron chi connectivity index (χ4n) is 2.45. The van der Waals surface area contributed by atoms with Crippen molar-refractivity contribution < 1.29 is 14.3 Å². The Labute approximate surface area is 127 Å². The van der Waals surface area contributed by atoms with Crippen LogP contribution in [0.2, 0.25) is 5.15 Å². The second-order valence-electron chi connectivity index (χ2n) is 4.78. The number of hydrogen-bond donors (Lipinski definition) is 1. The molecule has 0 fully saturated rings. The van der Waals surface area contributed by atoms with Crippen molar-refractivity contribution in [3.63, 3.8) is 0 Å². The highest BCUT2D eigenvalue weighted by Crippen LogP contribution is 2.43. The summed E-state index contributed by atoms with van der Waals surface area (Å²) in [6.07, 6.45) is 5.43. The van der Waals surface area contributed by atoms with Gasteiger partial charge in [0.2, 0.25) is 0 Å². The number of allylic oxidation sites excluding steroid dienone is 2. The van der Waals surface area contributed by atoms with Crippen molar-refractivity contribution in [2.75, 3.05) is 12.4 Å². The number of carbonyl (C=O) groups is 1. The number of ether oxygens (including phenoxy) is 2. The van der Waals surface area contributed by atoms with Gasteiger partial charge in [-0.25, -0.2) is 4.98 Å². The highest BCUT2D eigenvalue weighted by atomic mass is 35.5. The Morgan fingerprint density at radius 2 is 2.38 bits per heavy atom. The van der Waals surface area contributed by atoms with Crippen LogP contribution in [0.4, 0.5) is 5.69 Å². The molecule has 1 aliphatic heterocycles. The van der Waals surface area contributed by atoms with Crippen molar-refractivity contribution in [2.24, 2.45) is 0 Å². The Kier molecular flexibility index (Phi) is 3.59. The molecule has 2 heterocycles. The van der Waals surface area contributed by atoms with Crippen molar-refractivity contribution in [2.45, 2.75) is 26.2 Å². The molecule has 1 aromatic heterocycles. The van der Waals surface area contributed by atoms with Crippen LogP contribution in [0.3, 0.4) is 0 Å². The van der Waals surface area contributed by atoms with Gasteiger partial charge in [-0.2, -0.15) is 0 Å². The number of halogens is 1. The number of ketones is 1. The third-order valence-corrected chi connectivity index (χ3v) is 3.80. The largest absolute Gasteiger partial charge is 0.495 e. The quantitative estimate of drug-likeness (QED) is 0.682. The molecule has 0 radical (unpaired) electrons. The lowest BCUT2D eigenvalue weighted by Gasteiger charge is -2.29. The average molecular weight is 307 g/mol. The molecular weight excluding hydrogens is 292 g/mol. The molecule has 5 nitrogen and oxygen atoms in total. The zero-order valence-electron chi connectivity index (χ0n) is 11.8. The van der Waals surface area contributed by atoms with Gasteiger partial charge >= 0.3 is 0 Å². The van der Waals surface area contributed by atoms with E-state index in [2.05, 4.69) is 10.3 Å². The lowest BCUT2D eigenvalue weighted by atomic mass is 10.0. The molecule has 2 aliphatic rings. The Morgan fingerprint density at radius 3 is 3.10 bits per heavy atom. The molecule has 0 saturated carbocycles. The standard InChI is InChI=1S/C15H15ClN2O3/c1-3-9(19)8-7-17-15(16)14-12(8)18-13-10(20-2)5-4-6-11(13)21-14/h5,7,18H,3-4,6H2,1-2H3. The fraction of sp³-hybridized carbons (Fsp3) is 0.333. The average Bonchev–Trinajstić information content (AvgIpc) is 2.52. The lowest BCUT2D eigenvalue weighted by Crippen LogP contribution is -2.21. The monoisotopic (exact) mass is 306 g/mol. The highest BCUT2D eigenvalue weighted by Gasteiger charge is 2.30. The van der Waals surface area contributed by atoms with Crippen LogP contribution in [0, 0.1) is 0 Å². The van der Waals surface area contributed by atoms with Crippen molar-refractivity contribution in [3.05, 3.63) is 40.2 Å². The van der Waals surface area contributed by atoms with E-state index in [0.29, 0.717) is 29.2 Å². The first-order valence-corrected chi connectivity index (χ1v) is 7.17.